The summed E-state index contributed by atoms with van der Waals surface area (Å²) in [6.45, 7) is 7.98. The summed E-state index contributed by atoms with van der Waals surface area (Å²) >= 11 is 0. The minimum atomic E-state index is -0.309. The standard InChI is InChI=1S/C21H23FO2/c1-5-24-19(23)11-7-10-17-13-18(12-16(4)21(17)22)20-14(2)8-6-9-15(20)3/h6-10,12-13H,5,11H2,1-4H3. The van der Waals surface area contributed by atoms with Crippen molar-refractivity contribution in [1.29, 1.82) is 0 Å². The largest absolute Gasteiger partial charge is 0.466 e. The molecule has 126 valence electrons. The molecule has 2 nitrogen and oxygen atoms in total. The summed E-state index contributed by atoms with van der Waals surface area (Å²) in [5.74, 6) is -0.568. The Kier molecular flexibility index (Phi) is 5.91. The number of carbonyl (C=O) groups excluding carboxylic acids is 1. The van der Waals surface area contributed by atoms with E-state index in [0.29, 0.717) is 17.7 Å². The molecule has 0 unspecified atom stereocenters. The van der Waals surface area contributed by atoms with Gasteiger partial charge in [0, 0.05) is 5.56 Å². The van der Waals surface area contributed by atoms with Crippen LogP contribution in [0.5, 0.6) is 0 Å². The molecule has 24 heavy (non-hydrogen) atoms. The molecule has 0 N–H and O–H groups in total. The number of hydrogen-bond donors (Lipinski definition) is 0. The lowest BCUT2D eigenvalue weighted by molar-refractivity contribution is -0.142. The van der Waals surface area contributed by atoms with Crippen LogP contribution < -0.4 is 0 Å². The van der Waals surface area contributed by atoms with E-state index in [4.69, 9.17) is 4.74 Å². The molecular formula is C21H23FO2. The second kappa shape index (κ2) is 7.91. The van der Waals surface area contributed by atoms with Crippen LogP contribution in [0, 0.1) is 26.6 Å². The summed E-state index contributed by atoms with van der Waals surface area (Å²) in [4.78, 5) is 11.4. The maximum Gasteiger partial charge on any atom is 0.309 e. The van der Waals surface area contributed by atoms with Crippen LogP contribution in [0.4, 0.5) is 4.39 Å². The highest BCUT2D eigenvalue weighted by Crippen LogP contribution is 2.30. The third-order valence-electron chi connectivity index (χ3n) is 3.94. The van der Waals surface area contributed by atoms with Gasteiger partial charge in [-0.25, -0.2) is 4.39 Å². The fourth-order valence-electron chi connectivity index (χ4n) is 2.83. The van der Waals surface area contributed by atoms with Gasteiger partial charge < -0.3 is 4.74 Å². The lowest BCUT2D eigenvalue weighted by atomic mass is 9.93. The highest BCUT2D eigenvalue weighted by molar-refractivity contribution is 5.75. The van der Waals surface area contributed by atoms with E-state index < -0.39 is 0 Å². The lowest BCUT2D eigenvalue weighted by Crippen LogP contribution is -2.01. The molecule has 0 aliphatic carbocycles. The van der Waals surface area contributed by atoms with Crippen LogP contribution in [0.25, 0.3) is 17.2 Å². The zero-order chi connectivity index (χ0) is 17.7. The molecule has 2 rings (SSSR count). The van der Waals surface area contributed by atoms with E-state index in [9.17, 15) is 9.18 Å². The average molecular weight is 326 g/mol. The Bertz CT molecular complexity index is 755. The van der Waals surface area contributed by atoms with E-state index in [-0.39, 0.29) is 18.2 Å². The van der Waals surface area contributed by atoms with Crippen LogP contribution in [0.1, 0.15) is 35.6 Å². The van der Waals surface area contributed by atoms with E-state index in [1.807, 2.05) is 18.2 Å². The van der Waals surface area contributed by atoms with Crippen LogP contribution in [0.15, 0.2) is 36.4 Å². The van der Waals surface area contributed by atoms with E-state index in [2.05, 4.69) is 26.0 Å². The number of aryl methyl sites for hydroxylation is 3. The van der Waals surface area contributed by atoms with Crippen molar-refractivity contribution in [2.24, 2.45) is 0 Å². The van der Waals surface area contributed by atoms with E-state index in [1.165, 1.54) is 0 Å². The van der Waals surface area contributed by atoms with Crippen molar-refractivity contribution in [3.8, 4) is 11.1 Å². The monoisotopic (exact) mass is 326 g/mol. The molecule has 0 spiro atoms. The van der Waals surface area contributed by atoms with Crippen molar-refractivity contribution in [2.45, 2.75) is 34.1 Å². The molecule has 0 amide bonds. The number of rotatable bonds is 5. The van der Waals surface area contributed by atoms with Gasteiger partial charge in [0.25, 0.3) is 0 Å². The molecule has 2 aromatic carbocycles. The van der Waals surface area contributed by atoms with Crippen LogP contribution >= 0.6 is 0 Å². The van der Waals surface area contributed by atoms with Crippen molar-refractivity contribution in [3.05, 3.63) is 64.5 Å². The first-order valence-corrected chi connectivity index (χ1v) is 8.13. The summed E-state index contributed by atoms with van der Waals surface area (Å²) < 4.78 is 19.3. The highest BCUT2D eigenvalue weighted by Gasteiger charge is 2.11. The van der Waals surface area contributed by atoms with Gasteiger partial charge >= 0.3 is 5.97 Å². The van der Waals surface area contributed by atoms with Crippen molar-refractivity contribution in [1.82, 2.24) is 0 Å². The van der Waals surface area contributed by atoms with Gasteiger partial charge in [-0.2, -0.15) is 0 Å². The number of carbonyl (C=O) groups is 1. The normalized spacial score (nSPS) is 11.0. The topological polar surface area (TPSA) is 26.3 Å². The highest BCUT2D eigenvalue weighted by atomic mass is 19.1. The maximum atomic E-state index is 14.4. The van der Waals surface area contributed by atoms with Crippen molar-refractivity contribution in [2.75, 3.05) is 6.61 Å². The average Bonchev–Trinajstić information content (AvgIpc) is 2.52. The molecule has 0 atom stereocenters. The quantitative estimate of drug-likeness (QED) is 0.689. The molecule has 2 aromatic rings. The lowest BCUT2D eigenvalue weighted by Gasteiger charge is -2.13. The summed E-state index contributed by atoms with van der Waals surface area (Å²) in [6, 6.07) is 9.83. The second-order valence-corrected chi connectivity index (χ2v) is 5.87. The first-order valence-electron chi connectivity index (χ1n) is 8.13. The van der Waals surface area contributed by atoms with Gasteiger partial charge in [0.15, 0.2) is 0 Å². The predicted molar refractivity (Wildman–Crippen MR) is 96.3 cm³/mol. The van der Waals surface area contributed by atoms with Gasteiger partial charge in [0.1, 0.15) is 5.82 Å². The smallest absolute Gasteiger partial charge is 0.309 e. The molecule has 0 saturated heterocycles. The summed E-state index contributed by atoms with van der Waals surface area (Å²) in [6.07, 6.45) is 3.43. The van der Waals surface area contributed by atoms with Crippen LogP contribution in [-0.2, 0) is 9.53 Å². The summed E-state index contributed by atoms with van der Waals surface area (Å²) in [7, 11) is 0. The van der Waals surface area contributed by atoms with E-state index >= 15 is 0 Å². The Labute approximate surface area is 143 Å². The van der Waals surface area contributed by atoms with Crippen molar-refractivity contribution >= 4 is 12.0 Å². The third kappa shape index (κ3) is 4.10. The minimum Gasteiger partial charge on any atom is -0.466 e. The molecule has 0 saturated carbocycles. The number of esters is 1. The Morgan fingerprint density at radius 3 is 2.42 bits per heavy atom. The van der Waals surface area contributed by atoms with Crippen LogP contribution in [-0.4, -0.2) is 12.6 Å². The van der Waals surface area contributed by atoms with Gasteiger partial charge in [0.2, 0.25) is 0 Å². The predicted octanol–water partition coefficient (Wildman–Crippen LogP) is 5.38. The Morgan fingerprint density at radius 2 is 1.79 bits per heavy atom. The zero-order valence-corrected chi connectivity index (χ0v) is 14.7. The van der Waals surface area contributed by atoms with Gasteiger partial charge in [-0.3, -0.25) is 4.79 Å². The number of halogens is 1. The van der Waals surface area contributed by atoms with E-state index in [1.54, 1.807) is 26.0 Å². The van der Waals surface area contributed by atoms with Gasteiger partial charge in [-0.05, 0) is 67.6 Å². The first-order chi connectivity index (χ1) is 11.4. The van der Waals surface area contributed by atoms with Gasteiger partial charge in [-0.15, -0.1) is 0 Å². The minimum absolute atomic E-state index is 0.139. The van der Waals surface area contributed by atoms with Gasteiger partial charge in [0.05, 0.1) is 13.0 Å². The third-order valence-corrected chi connectivity index (χ3v) is 3.94. The summed E-state index contributed by atoms with van der Waals surface area (Å²) in [5.41, 5.74) is 5.49. The number of ether oxygens (including phenoxy) is 1. The molecule has 0 aliphatic heterocycles. The Balaban J connectivity index is 2.39. The number of hydrogen-bond acceptors (Lipinski definition) is 2. The molecule has 0 bridgehead atoms. The molecule has 0 fully saturated rings. The summed E-state index contributed by atoms with van der Waals surface area (Å²) in [5, 5.41) is 0. The first kappa shape index (κ1) is 17.9. The molecule has 0 aromatic heterocycles. The molecule has 0 heterocycles. The Hall–Kier alpha value is -2.42. The van der Waals surface area contributed by atoms with Crippen LogP contribution in [0.3, 0.4) is 0 Å². The molecular weight excluding hydrogens is 303 g/mol. The SMILES string of the molecule is CCOC(=O)CC=Cc1cc(-c2c(C)cccc2C)cc(C)c1F. The Morgan fingerprint density at radius 1 is 1.12 bits per heavy atom. The van der Waals surface area contributed by atoms with Crippen molar-refractivity contribution < 1.29 is 13.9 Å². The second-order valence-electron chi connectivity index (χ2n) is 5.87. The van der Waals surface area contributed by atoms with Crippen molar-refractivity contribution in [3.63, 3.8) is 0 Å². The fraction of sp³-hybridized carbons (Fsp3) is 0.286. The van der Waals surface area contributed by atoms with E-state index in [0.717, 1.165) is 22.3 Å². The van der Waals surface area contributed by atoms with Crippen LogP contribution in [0.2, 0.25) is 0 Å². The molecule has 0 radical (unpaired) electrons. The maximum absolute atomic E-state index is 14.4. The number of benzene rings is 2. The molecule has 0 aliphatic rings. The fourth-order valence-corrected chi connectivity index (χ4v) is 2.83. The molecule has 3 heteroatoms. The van der Waals surface area contributed by atoms with Gasteiger partial charge in [-0.1, -0.05) is 30.4 Å². The zero-order valence-electron chi connectivity index (χ0n) is 14.7.